The Morgan fingerprint density at radius 3 is 2.57 bits per heavy atom. The Morgan fingerprint density at radius 2 is 1.96 bits per heavy atom. The topological polar surface area (TPSA) is 65.1 Å². The maximum Gasteiger partial charge on any atom is 0.251 e. The van der Waals surface area contributed by atoms with Crippen molar-refractivity contribution in [3.05, 3.63) is 35.0 Å². The summed E-state index contributed by atoms with van der Waals surface area (Å²) in [7, 11) is 0. The predicted molar refractivity (Wildman–Crippen MR) is 94.8 cm³/mol. The van der Waals surface area contributed by atoms with E-state index in [-0.39, 0.29) is 17.9 Å². The highest BCUT2D eigenvalue weighted by molar-refractivity contribution is 5.99. The van der Waals surface area contributed by atoms with Gasteiger partial charge in [0.25, 0.3) is 5.91 Å². The van der Waals surface area contributed by atoms with Gasteiger partial charge in [-0.3, -0.25) is 4.79 Å². The van der Waals surface area contributed by atoms with Gasteiger partial charge in [-0.2, -0.15) is 0 Å². The molecule has 0 saturated carbocycles. The van der Waals surface area contributed by atoms with Crippen LogP contribution in [0.3, 0.4) is 0 Å². The van der Waals surface area contributed by atoms with Gasteiger partial charge in [0, 0.05) is 35.3 Å². The van der Waals surface area contributed by atoms with Gasteiger partial charge in [-0.1, -0.05) is 13.8 Å². The standard InChI is InChI=1S/C19H28N2O2/c1-5-19(6-2,9-10-22)12-20-18(23)15-7-8-17-16(11-15)13(3)14(4)21-17/h7-8,11,21-22H,5-6,9-10,12H2,1-4H3,(H,20,23). The van der Waals surface area contributed by atoms with Crippen molar-refractivity contribution in [2.75, 3.05) is 13.2 Å². The SMILES string of the molecule is CCC(CC)(CCO)CNC(=O)c1ccc2[nH]c(C)c(C)c2c1. The Balaban J connectivity index is 2.15. The van der Waals surface area contributed by atoms with E-state index in [9.17, 15) is 9.90 Å². The molecule has 0 aliphatic rings. The summed E-state index contributed by atoms with van der Waals surface area (Å²) in [6.45, 7) is 9.09. The molecule has 126 valence electrons. The van der Waals surface area contributed by atoms with Gasteiger partial charge in [-0.25, -0.2) is 0 Å². The van der Waals surface area contributed by atoms with E-state index >= 15 is 0 Å². The summed E-state index contributed by atoms with van der Waals surface area (Å²) in [6, 6.07) is 5.78. The molecule has 1 heterocycles. The molecule has 4 nitrogen and oxygen atoms in total. The van der Waals surface area contributed by atoms with Crippen LogP contribution in [0.1, 0.15) is 54.7 Å². The number of hydrogen-bond acceptors (Lipinski definition) is 2. The summed E-state index contributed by atoms with van der Waals surface area (Å²) >= 11 is 0. The summed E-state index contributed by atoms with van der Waals surface area (Å²) in [5.74, 6) is -0.0469. The molecule has 0 radical (unpaired) electrons. The molecule has 3 N–H and O–H groups in total. The quantitative estimate of drug-likeness (QED) is 0.729. The van der Waals surface area contributed by atoms with Gasteiger partial charge >= 0.3 is 0 Å². The second-order valence-electron chi connectivity index (χ2n) is 6.50. The number of fused-ring (bicyclic) bond motifs is 1. The van der Waals surface area contributed by atoms with E-state index < -0.39 is 0 Å². The minimum absolute atomic E-state index is 0.0187. The van der Waals surface area contributed by atoms with Crippen molar-refractivity contribution in [2.24, 2.45) is 5.41 Å². The second kappa shape index (κ2) is 7.18. The largest absolute Gasteiger partial charge is 0.396 e. The van der Waals surface area contributed by atoms with E-state index in [1.54, 1.807) is 0 Å². The monoisotopic (exact) mass is 316 g/mol. The molecule has 2 rings (SSSR count). The lowest BCUT2D eigenvalue weighted by Crippen LogP contribution is -2.37. The molecule has 0 spiro atoms. The number of aromatic amines is 1. The van der Waals surface area contributed by atoms with Crippen molar-refractivity contribution >= 4 is 16.8 Å². The van der Waals surface area contributed by atoms with Gasteiger partial charge in [-0.15, -0.1) is 0 Å². The van der Waals surface area contributed by atoms with Crippen LogP contribution in [0.25, 0.3) is 10.9 Å². The lowest BCUT2D eigenvalue weighted by molar-refractivity contribution is 0.0907. The number of rotatable bonds is 7. The molecule has 2 aromatic rings. The van der Waals surface area contributed by atoms with Crippen LogP contribution in [-0.4, -0.2) is 29.1 Å². The van der Waals surface area contributed by atoms with Crippen molar-refractivity contribution in [1.82, 2.24) is 10.3 Å². The van der Waals surface area contributed by atoms with Crippen molar-refractivity contribution in [1.29, 1.82) is 0 Å². The first-order valence-corrected chi connectivity index (χ1v) is 8.44. The van der Waals surface area contributed by atoms with Crippen LogP contribution in [0, 0.1) is 19.3 Å². The summed E-state index contributed by atoms with van der Waals surface area (Å²) in [5, 5.41) is 13.4. The molecule has 4 heteroatoms. The Kier molecular flexibility index (Phi) is 5.47. The third-order valence-corrected chi connectivity index (χ3v) is 5.34. The molecule has 1 aromatic heterocycles. The minimum atomic E-state index is -0.0469. The van der Waals surface area contributed by atoms with Gasteiger partial charge in [0.05, 0.1) is 0 Å². The lowest BCUT2D eigenvalue weighted by atomic mass is 9.79. The third kappa shape index (κ3) is 3.58. The zero-order valence-corrected chi connectivity index (χ0v) is 14.6. The highest BCUT2D eigenvalue weighted by Crippen LogP contribution is 2.29. The van der Waals surface area contributed by atoms with E-state index in [0.717, 1.165) is 35.9 Å². The minimum Gasteiger partial charge on any atom is -0.396 e. The zero-order chi connectivity index (χ0) is 17.0. The second-order valence-corrected chi connectivity index (χ2v) is 6.50. The van der Waals surface area contributed by atoms with Crippen LogP contribution < -0.4 is 5.32 Å². The molecule has 1 amide bonds. The van der Waals surface area contributed by atoms with Crippen molar-refractivity contribution < 1.29 is 9.90 Å². The number of nitrogens with one attached hydrogen (secondary N) is 2. The first-order chi connectivity index (χ1) is 11.0. The zero-order valence-electron chi connectivity index (χ0n) is 14.6. The van der Waals surface area contributed by atoms with Gasteiger partial charge in [0.1, 0.15) is 0 Å². The lowest BCUT2D eigenvalue weighted by Gasteiger charge is -2.31. The average molecular weight is 316 g/mol. The number of hydrogen-bond donors (Lipinski definition) is 3. The molecule has 0 aliphatic carbocycles. The maximum absolute atomic E-state index is 12.5. The number of aliphatic hydroxyl groups excluding tert-OH is 1. The molecule has 0 unspecified atom stereocenters. The van der Waals surface area contributed by atoms with Gasteiger partial charge in [-0.05, 0) is 62.3 Å². The molecular formula is C19H28N2O2. The molecule has 23 heavy (non-hydrogen) atoms. The Hall–Kier alpha value is -1.81. The number of carbonyl (C=O) groups excluding carboxylic acids is 1. The van der Waals surface area contributed by atoms with Crippen molar-refractivity contribution in [3.63, 3.8) is 0 Å². The van der Waals surface area contributed by atoms with Gasteiger partial charge < -0.3 is 15.4 Å². The fourth-order valence-corrected chi connectivity index (χ4v) is 3.15. The predicted octanol–water partition coefficient (Wildman–Crippen LogP) is 3.70. The molecule has 0 fully saturated rings. The van der Waals surface area contributed by atoms with Crippen LogP contribution in [0.2, 0.25) is 0 Å². The van der Waals surface area contributed by atoms with Crippen LogP contribution >= 0.6 is 0 Å². The smallest absolute Gasteiger partial charge is 0.251 e. The van der Waals surface area contributed by atoms with E-state index in [4.69, 9.17) is 0 Å². The summed E-state index contributed by atoms with van der Waals surface area (Å²) < 4.78 is 0. The third-order valence-electron chi connectivity index (χ3n) is 5.34. The van der Waals surface area contributed by atoms with Crippen LogP contribution in [0.4, 0.5) is 0 Å². The fraction of sp³-hybridized carbons (Fsp3) is 0.526. The Bertz CT molecular complexity index is 684. The summed E-state index contributed by atoms with van der Waals surface area (Å²) in [5.41, 5.74) is 4.05. The Labute approximate surface area is 138 Å². The maximum atomic E-state index is 12.5. The molecule has 0 aliphatic heterocycles. The fourth-order valence-electron chi connectivity index (χ4n) is 3.15. The van der Waals surface area contributed by atoms with E-state index in [1.807, 2.05) is 25.1 Å². The molecular weight excluding hydrogens is 288 g/mol. The van der Waals surface area contributed by atoms with Gasteiger partial charge in [0.15, 0.2) is 0 Å². The summed E-state index contributed by atoms with van der Waals surface area (Å²) in [6.07, 6.45) is 2.61. The first kappa shape index (κ1) is 17.5. The molecule has 1 aromatic carbocycles. The molecule has 0 saturated heterocycles. The number of benzene rings is 1. The van der Waals surface area contributed by atoms with Crippen LogP contribution in [0.15, 0.2) is 18.2 Å². The van der Waals surface area contributed by atoms with Crippen molar-refractivity contribution in [2.45, 2.75) is 47.0 Å². The van der Waals surface area contributed by atoms with E-state index in [0.29, 0.717) is 12.1 Å². The number of aromatic nitrogens is 1. The van der Waals surface area contributed by atoms with Crippen molar-refractivity contribution in [3.8, 4) is 0 Å². The number of H-pyrrole nitrogens is 1. The van der Waals surface area contributed by atoms with E-state index in [1.165, 1.54) is 5.56 Å². The van der Waals surface area contributed by atoms with E-state index in [2.05, 4.69) is 31.1 Å². The molecule has 0 bridgehead atoms. The van der Waals surface area contributed by atoms with Crippen LogP contribution in [0.5, 0.6) is 0 Å². The highest BCUT2D eigenvalue weighted by atomic mass is 16.3. The number of amides is 1. The average Bonchev–Trinajstić information content (AvgIpc) is 2.85. The number of aryl methyl sites for hydroxylation is 2. The summed E-state index contributed by atoms with van der Waals surface area (Å²) in [4.78, 5) is 15.8. The van der Waals surface area contributed by atoms with Gasteiger partial charge in [0.2, 0.25) is 0 Å². The normalized spacial score (nSPS) is 11.9. The first-order valence-electron chi connectivity index (χ1n) is 8.44. The highest BCUT2D eigenvalue weighted by Gasteiger charge is 2.26. The van der Waals surface area contributed by atoms with Crippen LogP contribution in [-0.2, 0) is 0 Å². The Morgan fingerprint density at radius 1 is 1.26 bits per heavy atom. The number of carbonyl (C=O) groups is 1. The number of aliphatic hydroxyl groups is 1. The molecule has 0 atom stereocenters.